The van der Waals surface area contributed by atoms with Crippen molar-refractivity contribution in [3.05, 3.63) is 30.3 Å². The van der Waals surface area contributed by atoms with Crippen LogP contribution in [0, 0.1) is 5.41 Å². The summed E-state index contributed by atoms with van der Waals surface area (Å²) in [6, 6.07) is 9.60. The van der Waals surface area contributed by atoms with Gasteiger partial charge in [0.25, 0.3) is 0 Å². The van der Waals surface area contributed by atoms with E-state index in [4.69, 9.17) is 10.5 Å². The highest BCUT2D eigenvalue weighted by molar-refractivity contribution is 5.82. The standard InChI is InChI=1S/C16H26N2O2/c1-4-16(5-2,12-17)15(19)18-11-13(3)20-14-9-7-6-8-10-14/h6-10,13H,4-5,11-12,17H2,1-3H3,(H,18,19). The minimum atomic E-state index is -0.452. The molecule has 0 aromatic heterocycles. The monoisotopic (exact) mass is 278 g/mol. The summed E-state index contributed by atoms with van der Waals surface area (Å²) in [6.07, 6.45) is 1.42. The van der Waals surface area contributed by atoms with Crippen LogP contribution < -0.4 is 15.8 Å². The van der Waals surface area contributed by atoms with E-state index >= 15 is 0 Å². The topological polar surface area (TPSA) is 64.4 Å². The van der Waals surface area contributed by atoms with Crippen molar-refractivity contribution in [1.82, 2.24) is 5.32 Å². The zero-order valence-electron chi connectivity index (χ0n) is 12.7. The Hall–Kier alpha value is -1.55. The van der Waals surface area contributed by atoms with E-state index in [1.165, 1.54) is 0 Å². The molecule has 0 aliphatic heterocycles. The number of benzene rings is 1. The van der Waals surface area contributed by atoms with Gasteiger partial charge in [-0.1, -0.05) is 32.0 Å². The van der Waals surface area contributed by atoms with Gasteiger partial charge in [0, 0.05) is 6.54 Å². The number of ether oxygens (including phenoxy) is 1. The Kier molecular flexibility index (Phi) is 6.52. The Bertz CT molecular complexity index is 394. The largest absolute Gasteiger partial charge is 0.489 e. The molecule has 3 N–H and O–H groups in total. The highest BCUT2D eigenvalue weighted by atomic mass is 16.5. The number of para-hydroxylation sites is 1. The van der Waals surface area contributed by atoms with Crippen LogP contribution >= 0.6 is 0 Å². The lowest BCUT2D eigenvalue weighted by atomic mass is 9.81. The number of hydrogen-bond donors (Lipinski definition) is 2. The van der Waals surface area contributed by atoms with E-state index in [0.29, 0.717) is 13.1 Å². The fraction of sp³-hybridized carbons (Fsp3) is 0.562. The van der Waals surface area contributed by atoms with Crippen molar-refractivity contribution < 1.29 is 9.53 Å². The Morgan fingerprint density at radius 1 is 1.30 bits per heavy atom. The molecule has 1 atom stereocenters. The van der Waals surface area contributed by atoms with Crippen LogP contribution in [0.3, 0.4) is 0 Å². The van der Waals surface area contributed by atoms with Gasteiger partial charge in [0.15, 0.2) is 0 Å². The van der Waals surface area contributed by atoms with E-state index in [9.17, 15) is 4.79 Å². The molecule has 0 bridgehead atoms. The summed E-state index contributed by atoms with van der Waals surface area (Å²) in [5.41, 5.74) is 5.32. The maximum Gasteiger partial charge on any atom is 0.227 e. The average molecular weight is 278 g/mol. The first-order valence-corrected chi connectivity index (χ1v) is 7.28. The van der Waals surface area contributed by atoms with E-state index in [1.807, 2.05) is 51.1 Å². The molecule has 20 heavy (non-hydrogen) atoms. The molecule has 1 rings (SSSR count). The number of hydrogen-bond acceptors (Lipinski definition) is 3. The lowest BCUT2D eigenvalue weighted by Gasteiger charge is -2.29. The SMILES string of the molecule is CCC(CC)(CN)C(=O)NCC(C)Oc1ccccc1. The smallest absolute Gasteiger partial charge is 0.227 e. The lowest BCUT2D eigenvalue weighted by molar-refractivity contribution is -0.131. The summed E-state index contributed by atoms with van der Waals surface area (Å²) in [7, 11) is 0. The maximum absolute atomic E-state index is 12.3. The van der Waals surface area contributed by atoms with Crippen molar-refractivity contribution in [3.63, 3.8) is 0 Å². The number of nitrogens with one attached hydrogen (secondary N) is 1. The molecule has 4 nitrogen and oxygen atoms in total. The number of carbonyl (C=O) groups excluding carboxylic acids is 1. The van der Waals surface area contributed by atoms with E-state index in [2.05, 4.69) is 5.32 Å². The second kappa shape index (κ2) is 7.90. The first kappa shape index (κ1) is 16.5. The van der Waals surface area contributed by atoms with Gasteiger partial charge in [0.2, 0.25) is 5.91 Å². The molecular weight excluding hydrogens is 252 g/mol. The molecule has 0 saturated carbocycles. The molecule has 1 unspecified atom stereocenters. The van der Waals surface area contributed by atoms with E-state index < -0.39 is 5.41 Å². The maximum atomic E-state index is 12.3. The molecule has 0 saturated heterocycles. The Labute approximate surface area is 121 Å². The molecule has 1 amide bonds. The number of amides is 1. The number of nitrogens with two attached hydrogens (primary N) is 1. The van der Waals surface area contributed by atoms with Crippen LogP contribution in [-0.2, 0) is 4.79 Å². The van der Waals surface area contributed by atoms with Crippen molar-refractivity contribution >= 4 is 5.91 Å². The van der Waals surface area contributed by atoms with Gasteiger partial charge in [-0.05, 0) is 31.9 Å². The Balaban J connectivity index is 2.48. The fourth-order valence-corrected chi connectivity index (χ4v) is 2.15. The summed E-state index contributed by atoms with van der Waals surface area (Å²) < 4.78 is 5.73. The molecule has 1 aromatic rings. The highest BCUT2D eigenvalue weighted by Gasteiger charge is 2.33. The van der Waals surface area contributed by atoms with Crippen LogP contribution in [0.5, 0.6) is 5.75 Å². The zero-order chi connectivity index (χ0) is 15.0. The van der Waals surface area contributed by atoms with Crippen LogP contribution in [0.25, 0.3) is 0 Å². The van der Waals surface area contributed by atoms with Crippen LogP contribution in [-0.4, -0.2) is 25.1 Å². The van der Waals surface area contributed by atoms with Crippen molar-refractivity contribution in [2.75, 3.05) is 13.1 Å². The van der Waals surface area contributed by atoms with Crippen LogP contribution in [0.1, 0.15) is 33.6 Å². The molecular formula is C16H26N2O2. The molecule has 0 aliphatic rings. The minimum absolute atomic E-state index is 0.0218. The third-order valence-corrected chi connectivity index (χ3v) is 3.86. The molecule has 112 valence electrons. The molecule has 0 fully saturated rings. The fourth-order valence-electron chi connectivity index (χ4n) is 2.15. The summed E-state index contributed by atoms with van der Waals surface area (Å²) in [4.78, 5) is 12.3. The van der Waals surface area contributed by atoms with Gasteiger partial charge in [-0.25, -0.2) is 0 Å². The molecule has 4 heteroatoms. The van der Waals surface area contributed by atoms with E-state index in [-0.39, 0.29) is 12.0 Å². The first-order valence-electron chi connectivity index (χ1n) is 7.28. The predicted octanol–water partition coefficient (Wildman–Crippen LogP) is 2.34. The van der Waals surface area contributed by atoms with Crippen molar-refractivity contribution in [2.45, 2.75) is 39.7 Å². The second-order valence-electron chi connectivity index (χ2n) is 5.14. The predicted molar refractivity (Wildman–Crippen MR) is 81.6 cm³/mol. The normalized spacial score (nSPS) is 12.8. The number of carbonyl (C=O) groups is 1. The van der Waals surface area contributed by atoms with Gasteiger partial charge in [-0.2, -0.15) is 0 Å². The minimum Gasteiger partial charge on any atom is -0.489 e. The lowest BCUT2D eigenvalue weighted by Crippen LogP contribution is -2.47. The van der Waals surface area contributed by atoms with Gasteiger partial charge < -0.3 is 15.8 Å². The van der Waals surface area contributed by atoms with Gasteiger partial charge in [0.05, 0.1) is 12.0 Å². The third kappa shape index (κ3) is 4.23. The van der Waals surface area contributed by atoms with Crippen LogP contribution in [0.2, 0.25) is 0 Å². The van der Waals surface area contributed by atoms with Crippen LogP contribution in [0.4, 0.5) is 0 Å². The third-order valence-electron chi connectivity index (χ3n) is 3.86. The quantitative estimate of drug-likeness (QED) is 0.767. The van der Waals surface area contributed by atoms with E-state index in [1.54, 1.807) is 0 Å². The van der Waals surface area contributed by atoms with Crippen molar-refractivity contribution in [3.8, 4) is 5.75 Å². The summed E-state index contributed by atoms with van der Waals surface area (Å²) >= 11 is 0. The summed E-state index contributed by atoms with van der Waals surface area (Å²) in [6.45, 7) is 6.80. The molecule has 0 heterocycles. The molecule has 0 aliphatic carbocycles. The van der Waals surface area contributed by atoms with Crippen molar-refractivity contribution in [2.24, 2.45) is 11.1 Å². The Morgan fingerprint density at radius 2 is 1.90 bits per heavy atom. The number of rotatable bonds is 8. The summed E-state index contributed by atoms with van der Waals surface area (Å²) in [5, 5.41) is 2.95. The molecule has 1 aromatic carbocycles. The van der Waals surface area contributed by atoms with Gasteiger partial charge in [0.1, 0.15) is 11.9 Å². The van der Waals surface area contributed by atoms with Gasteiger partial charge in [-0.3, -0.25) is 4.79 Å². The summed E-state index contributed by atoms with van der Waals surface area (Å²) in [5.74, 6) is 0.832. The van der Waals surface area contributed by atoms with E-state index in [0.717, 1.165) is 18.6 Å². The molecule has 0 spiro atoms. The van der Waals surface area contributed by atoms with Crippen molar-refractivity contribution in [1.29, 1.82) is 0 Å². The zero-order valence-corrected chi connectivity index (χ0v) is 12.7. The van der Waals surface area contributed by atoms with Crippen LogP contribution in [0.15, 0.2) is 30.3 Å². The average Bonchev–Trinajstić information content (AvgIpc) is 2.48. The second-order valence-corrected chi connectivity index (χ2v) is 5.14. The highest BCUT2D eigenvalue weighted by Crippen LogP contribution is 2.24. The van der Waals surface area contributed by atoms with Gasteiger partial charge >= 0.3 is 0 Å². The van der Waals surface area contributed by atoms with Gasteiger partial charge in [-0.15, -0.1) is 0 Å². The first-order chi connectivity index (χ1) is 9.57. The Morgan fingerprint density at radius 3 is 2.40 bits per heavy atom. The molecule has 0 radical (unpaired) electrons.